The van der Waals surface area contributed by atoms with Crippen LogP contribution in [0.1, 0.15) is 49.7 Å². The van der Waals surface area contributed by atoms with Crippen molar-refractivity contribution in [3.8, 4) is 11.5 Å². The van der Waals surface area contributed by atoms with Crippen molar-refractivity contribution in [1.82, 2.24) is 10.2 Å². The third-order valence-electron chi connectivity index (χ3n) is 6.97. The number of rotatable bonds is 10. The first-order valence-electron chi connectivity index (χ1n) is 12.7. The maximum atomic E-state index is 13.3. The molecule has 9 nitrogen and oxygen atoms in total. The molecular weight excluding hydrogens is 464 g/mol. The Labute approximate surface area is 211 Å². The summed E-state index contributed by atoms with van der Waals surface area (Å²) in [4.78, 5) is 28.3. The van der Waals surface area contributed by atoms with E-state index in [0.717, 1.165) is 24.8 Å². The van der Waals surface area contributed by atoms with Crippen LogP contribution >= 0.6 is 0 Å². The van der Waals surface area contributed by atoms with Crippen LogP contribution in [-0.2, 0) is 20.9 Å². The van der Waals surface area contributed by atoms with E-state index in [1.165, 1.54) is 7.11 Å². The minimum atomic E-state index is -0.400. The average Bonchev–Trinajstić information content (AvgIpc) is 3.55. The highest BCUT2D eigenvalue weighted by Crippen LogP contribution is 2.51. The smallest absolute Gasteiger partial charge is 0.247 e. The summed E-state index contributed by atoms with van der Waals surface area (Å²) in [5, 5.41) is 21.8. The number of aliphatic hydroxyl groups is 2. The molecular formula is C27H36N2O7. The van der Waals surface area contributed by atoms with Gasteiger partial charge in [-0.15, -0.1) is 0 Å². The van der Waals surface area contributed by atoms with E-state index in [4.69, 9.17) is 14.2 Å². The number of nitrogens with one attached hydrogen (secondary N) is 1. The van der Waals surface area contributed by atoms with E-state index in [1.54, 1.807) is 17.0 Å². The van der Waals surface area contributed by atoms with E-state index in [0.29, 0.717) is 42.2 Å². The lowest BCUT2D eigenvalue weighted by molar-refractivity contribution is -0.130. The molecule has 4 atom stereocenters. The van der Waals surface area contributed by atoms with Gasteiger partial charge in [-0.1, -0.05) is 19.1 Å². The van der Waals surface area contributed by atoms with Crippen molar-refractivity contribution in [3.05, 3.63) is 47.1 Å². The fourth-order valence-electron chi connectivity index (χ4n) is 5.29. The van der Waals surface area contributed by atoms with Crippen molar-refractivity contribution in [1.29, 1.82) is 0 Å². The summed E-state index contributed by atoms with van der Waals surface area (Å²) in [6.45, 7) is 2.85. The maximum absolute atomic E-state index is 13.3. The van der Waals surface area contributed by atoms with E-state index in [1.807, 2.05) is 25.1 Å². The van der Waals surface area contributed by atoms with Crippen LogP contribution in [0, 0.1) is 0 Å². The SMILES string of the molecule is CC/C=C/C(=O)N(CC1CCCO1)C1C=C(C(=O)NCCO)C2c3cc(CO)cc(OC)c3OC2C1. The molecule has 1 aromatic carbocycles. The van der Waals surface area contributed by atoms with E-state index in [-0.39, 0.29) is 49.6 Å². The highest BCUT2D eigenvalue weighted by Gasteiger charge is 2.46. The van der Waals surface area contributed by atoms with Crippen molar-refractivity contribution in [3.63, 3.8) is 0 Å². The Kier molecular flexibility index (Phi) is 8.66. The van der Waals surface area contributed by atoms with E-state index in [9.17, 15) is 19.8 Å². The third kappa shape index (κ3) is 5.43. The second-order valence-corrected chi connectivity index (χ2v) is 9.35. The number of ether oxygens (including phenoxy) is 3. The number of hydrogen-bond acceptors (Lipinski definition) is 7. The first-order valence-corrected chi connectivity index (χ1v) is 12.7. The monoisotopic (exact) mass is 500 g/mol. The first-order chi connectivity index (χ1) is 17.5. The lowest BCUT2D eigenvalue weighted by atomic mass is 9.78. The number of hydrogen-bond donors (Lipinski definition) is 3. The maximum Gasteiger partial charge on any atom is 0.247 e. The number of carbonyl (C=O) groups excluding carboxylic acids is 2. The molecule has 0 radical (unpaired) electrons. The second-order valence-electron chi connectivity index (χ2n) is 9.35. The fourth-order valence-corrected chi connectivity index (χ4v) is 5.29. The minimum Gasteiger partial charge on any atom is -0.493 e. The molecule has 0 aromatic heterocycles. The topological polar surface area (TPSA) is 118 Å². The Morgan fingerprint density at radius 3 is 2.81 bits per heavy atom. The van der Waals surface area contributed by atoms with Crippen LogP contribution in [0.25, 0.3) is 0 Å². The molecule has 4 unspecified atom stereocenters. The molecule has 4 rings (SSSR count). The number of methoxy groups -OCH3 is 1. The van der Waals surface area contributed by atoms with Crippen molar-refractivity contribution in [2.24, 2.45) is 0 Å². The summed E-state index contributed by atoms with van der Waals surface area (Å²) in [5.41, 5.74) is 1.91. The van der Waals surface area contributed by atoms with Crippen molar-refractivity contribution >= 4 is 11.8 Å². The highest BCUT2D eigenvalue weighted by molar-refractivity contribution is 5.96. The van der Waals surface area contributed by atoms with Crippen molar-refractivity contribution in [2.45, 2.75) is 63.4 Å². The van der Waals surface area contributed by atoms with Gasteiger partial charge in [-0.3, -0.25) is 9.59 Å². The largest absolute Gasteiger partial charge is 0.493 e. The molecule has 1 aromatic rings. The van der Waals surface area contributed by atoms with Gasteiger partial charge >= 0.3 is 0 Å². The Morgan fingerprint density at radius 2 is 2.14 bits per heavy atom. The Balaban J connectivity index is 1.73. The summed E-state index contributed by atoms with van der Waals surface area (Å²) in [6, 6.07) is 3.19. The normalized spacial score (nSPS) is 24.6. The van der Waals surface area contributed by atoms with Crippen LogP contribution in [0.4, 0.5) is 0 Å². The molecule has 36 heavy (non-hydrogen) atoms. The van der Waals surface area contributed by atoms with Crippen LogP contribution in [0.3, 0.4) is 0 Å². The molecule has 2 aliphatic heterocycles. The van der Waals surface area contributed by atoms with Gasteiger partial charge in [0.15, 0.2) is 11.5 Å². The van der Waals surface area contributed by atoms with Gasteiger partial charge in [0.05, 0.1) is 38.4 Å². The predicted molar refractivity (Wildman–Crippen MR) is 133 cm³/mol. The Bertz CT molecular complexity index is 1020. The molecule has 0 saturated carbocycles. The zero-order valence-corrected chi connectivity index (χ0v) is 20.9. The van der Waals surface area contributed by atoms with Crippen LogP contribution in [0.2, 0.25) is 0 Å². The van der Waals surface area contributed by atoms with Gasteiger partial charge in [0.25, 0.3) is 0 Å². The summed E-state index contributed by atoms with van der Waals surface area (Å²) in [6.07, 6.45) is 7.91. The second kappa shape index (κ2) is 11.9. The molecule has 1 fully saturated rings. The average molecular weight is 501 g/mol. The van der Waals surface area contributed by atoms with E-state index >= 15 is 0 Å². The molecule has 2 heterocycles. The first kappa shape index (κ1) is 26.2. The molecule has 9 heteroatoms. The summed E-state index contributed by atoms with van der Waals surface area (Å²) >= 11 is 0. The molecule has 0 bridgehead atoms. The lowest BCUT2D eigenvalue weighted by Crippen LogP contribution is -2.48. The molecule has 3 aliphatic rings. The standard InChI is InChI=1S/C27H36N2O7/c1-3-4-7-24(32)29(15-19-6-5-10-35-19)18-13-21(27(33)28-8-9-30)25-20-11-17(16-31)12-23(34-2)26(20)36-22(25)14-18/h4,7,11-13,18-19,22,25,30-31H,3,5-6,8-10,14-16H2,1-2H3,(H,28,33)/b7-4+. The Morgan fingerprint density at radius 1 is 1.31 bits per heavy atom. The zero-order valence-electron chi connectivity index (χ0n) is 20.9. The molecule has 2 amide bonds. The molecule has 1 saturated heterocycles. The summed E-state index contributed by atoms with van der Waals surface area (Å²) in [7, 11) is 1.54. The van der Waals surface area contributed by atoms with Crippen LogP contribution in [-0.4, -0.2) is 78.6 Å². The van der Waals surface area contributed by atoms with Gasteiger partial charge in [0.1, 0.15) is 6.10 Å². The van der Waals surface area contributed by atoms with Gasteiger partial charge in [-0.05, 0) is 43.0 Å². The summed E-state index contributed by atoms with van der Waals surface area (Å²) in [5.74, 6) is 0.214. The fraction of sp³-hybridized carbons (Fsp3) is 0.556. The van der Waals surface area contributed by atoms with Crippen LogP contribution in [0.15, 0.2) is 35.9 Å². The van der Waals surface area contributed by atoms with Gasteiger partial charge in [-0.2, -0.15) is 0 Å². The number of allylic oxidation sites excluding steroid dienone is 1. The number of fused-ring (bicyclic) bond motifs is 3. The minimum absolute atomic E-state index is 0.0457. The van der Waals surface area contributed by atoms with Crippen molar-refractivity contribution < 1.29 is 34.0 Å². The number of carbonyl (C=O) groups is 2. The number of benzene rings is 1. The Hall–Kier alpha value is -2.88. The van der Waals surface area contributed by atoms with Gasteiger partial charge < -0.3 is 34.6 Å². The molecule has 0 spiro atoms. The number of amides is 2. The molecule has 1 aliphatic carbocycles. The van der Waals surface area contributed by atoms with Gasteiger partial charge in [0, 0.05) is 37.3 Å². The quantitative estimate of drug-likeness (QED) is 0.420. The van der Waals surface area contributed by atoms with Crippen molar-refractivity contribution in [2.75, 3.05) is 33.4 Å². The van der Waals surface area contributed by atoms with E-state index < -0.39 is 6.10 Å². The number of nitrogens with zero attached hydrogens (tertiary/aromatic N) is 1. The van der Waals surface area contributed by atoms with Crippen LogP contribution < -0.4 is 14.8 Å². The zero-order chi connectivity index (χ0) is 25.7. The molecule has 3 N–H and O–H groups in total. The number of aliphatic hydroxyl groups excluding tert-OH is 2. The van der Waals surface area contributed by atoms with Gasteiger partial charge in [-0.25, -0.2) is 0 Å². The highest BCUT2D eigenvalue weighted by atomic mass is 16.5. The summed E-state index contributed by atoms with van der Waals surface area (Å²) < 4.78 is 17.7. The third-order valence-corrected chi connectivity index (χ3v) is 6.97. The molecule has 196 valence electrons. The van der Waals surface area contributed by atoms with Gasteiger partial charge in [0.2, 0.25) is 11.8 Å². The lowest BCUT2D eigenvalue weighted by Gasteiger charge is -2.37. The predicted octanol–water partition coefficient (Wildman–Crippen LogP) is 1.81. The van der Waals surface area contributed by atoms with E-state index in [2.05, 4.69) is 5.32 Å². The van der Waals surface area contributed by atoms with Crippen LogP contribution in [0.5, 0.6) is 11.5 Å².